The molecule has 2 aromatic rings. The topological polar surface area (TPSA) is 47.6 Å². The fraction of sp³-hybridized carbons (Fsp3) is 0.350. The second kappa shape index (κ2) is 9.06. The molecular weight excluding hydrogens is 321 g/mol. The number of methoxy groups -OCH3 is 1. The number of ether oxygens (including phenoxy) is 2. The van der Waals surface area contributed by atoms with Crippen LogP contribution >= 0.6 is 0 Å². The molecule has 0 aromatic heterocycles. The van der Waals surface area contributed by atoms with Gasteiger partial charge in [-0.2, -0.15) is 0 Å². The molecule has 0 atom stereocenters. The summed E-state index contributed by atoms with van der Waals surface area (Å²) in [6.07, 6.45) is 0.919. The maximum absolute atomic E-state index is 13.6. The lowest BCUT2D eigenvalue weighted by Crippen LogP contribution is -2.23. The normalized spacial score (nSPS) is 10.6. The molecule has 134 valence electrons. The van der Waals surface area contributed by atoms with Crippen LogP contribution < -0.4 is 14.8 Å². The second-order valence-corrected chi connectivity index (χ2v) is 6.06. The van der Waals surface area contributed by atoms with E-state index in [2.05, 4.69) is 5.32 Å². The van der Waals surface area contributed by atoms with E-state index in [0.29, 0.717) is 19.4 Å². The number of carbonyl (C=O) groups excluding carboxylic acids is 1. The zero-order valence-electron chi connectivity index (χ0n) is 14.8. The molecule has 0 fully saturated rings. The molecule has 25 heavy (non-hydrogen) atoms. The molecule has 1 amide bonds. The number of aryl methyl sites for hydroxylation is 1. The van der Waals surface area contributed by atoms with Gasteiger partial charge in [0.25, 0.3) is 0 Å². The number of hydrogen-bond donors (Lipinski definition) is 1. The summed E-state index contributed by atoms with van der Waals surface area (Å²) in [4.78, 5) is 12.0. The van der Waals surface area contributed by atoms with E-state index < -0.39 is 5.82 Å². The van der Waals surface area contributed by atoms with Crippen LogP contribution in [0.25, 0.3) is 0 Å². The highest BCUT2D eigenvalue weighted by atomic mass is 19.1. The number of benzene rings is 2. The third kappa shape index (κ3) is 6.10. The Morgan fingerprint density at radius 2 is 1.80 bits per heavy atom. The van der Waals surface area contributed by atoms with Crippen LogP contribution in [0.1, 0.15) is 31.4 Å². The van der Waals surface area contributed by atoms with E-state index in [4.69, 9.17) is 9.47 Å². The minimum absolute atomic E-state index is 0.0706. The van der Waals surface area contributed by atoms with Crippen LogP contribution in [0, 0.1) is 5.82 Å². The van der Waals surface area contributed by atoms with Gasteiger partial charge in [-0.15, -0.1) is 0 Å². The molecule has 0 spiro atoms. The molecule has 0 saturated heterocycles. The van der Waals surface area contributed by atoms with Crippen molar-refractivity contribution in [2.24, 2.45) is 0 Å². The number of nitrogens with one attached hydrogen (secondary N) is 1. The summed E-state index contributed by atoms with van der Waals surface area (Å²) in [5, 5.41) is 2.87. The summed E-state index contributed by atoms with van der Waals surface area (Å²) < 4.78 is 24.1. The highest BCUT2D eigenvalue weighted by Crippen LogP contribution is 2.18. The Morgan fingerprint density at radius 3 is 2.40 bits per heavy atom. The van der Waals surface area contributed by atoms with Crippen molar-refractivity contribution in [2.75, 3.05) is 7.11 Å². The van der Waals surface area contributed by atoms with Gasteiger partial charge in [-0.25, -0.2) is 4.39 Å². The van der Waals surface area contributed by atoms with Crippen LogP contribution in [0.15, 0.2) is 42.5 Å². The molecular formula is C20H24FNO3. The van der Waals surface area contributed by atoms with Gasteiger partial charge in [-0.3, -0.25) is 4.79 Å². The summed E-state index contributed by atoms with van der Waals surface area (Å²) in [6, 6.07) is 12.4. The standard InChI is InChI=1S/C20H24FNO3/c1-14(2)25-17-8-4-16(5-9-17)13-22-20(23)11-7-15-6-10-19(24-3)18(21)12-15/h4-6,8-10,12,14H,7,11,13H2,1-3H3,(H,22,23). The van der Waals surface area contributed by atoms with E-state index in [1.54, 1.807) is 12.1 Å². The average molecular weight is 345 g/mol. The van der Waals surface area contributed by atoms with Crippen molar-refractivity contribution in [3.8, 4) is 11.5 Å². The Hall–Kier alpha value is -2.56. The molecule has 1 N–H and O–H groups in total. The minimum atomic E-state index is -0.413. The number of rotatable bonds is 8. The van der Waals surface area contributed by atoms with E-state index in [9.17, 15) is 9.18 Å². The molecule has 0 aliphatic carbocycles. The third-order valence-electron chi connectivity index (χ3n) is 3.64. The first-order chi connectivity index (χ1) is 12.0. The molecule has 0 heterocycles. The van der Waals surface area contributed by atoms with Gasteiger partial charge in [0, 0.05) is 13.0 Å². The van der Waals surface area contributed by atoms with Gasteiger partial charge in [0.2, 0.25) is 5.91 Å². The van der Waals surface area contributed by atoms with E-state index in [1.807, 2.05) is 38.1 Å². The molecule has 5 heteroatoms. The number of hydrogen-bond acceptors (Lipinski definition) is 3. The summed E-state index contributed by atoms with van der Waals surface area (Å²) >= 11 is 0. The third-order valence-corrected chi connectivity index (χ3v) is 3.64. The van der Waals surface area contributed by atoms with Crippen molar-refractivity contribution in [2.45, 2.75) is 39.3 Å². The highest BCUT2D eigenvalue weighted by molar-refractivity contribution is 5.76. The van der Waals surface area contributed by atoms with Crippen LogP contribution in [0.5, 0.6) is 11.5 Å². The highest BCUT2D eigenvalue weighted by Gasteiger charge is 2.06. The zero-order chi connectivity index (χ0) is 18.2. The fourth-order valence-corrected chi connectivity index (χ4v) is 2.37. The van der Waals surface area contributed by atoms with Crippen molar-refractivity contribution in [3.63, 3.8) is 0 Å². The number of carbonyl (C=O) groups is 1. The first-order valence-electron chi connectivity index (χ1n) is 8.32. The molecule has 0 unspecified atom stereocenters. The zero-order valence-corrected chi connectivity index (χ0v) is 14.8. The second-order valence-electron chi connectivity index (χ2n) is 6.06. The quantitative estimate of drug-likeness (QED) is 0.790. The Balaban J connectivity index is 1.77. The van der Waals surface area contributed by atoms with Crippen molar-refractivity contribution < 1.29 is 18.7 Å². The minimum Gasteiger partial charge on any atom is -0.494 e. The first kappa shape index (κ1) is 18.8. The molecule has 4 nitrogen and oxygen atoms in total. The van der Waals surface area contributed by atoms with Gasteiger partial charge in [0.1, 0.15) is 5.75 Å². The van der Waals surface area contributed by atoms with Crippen LogP contribution in [0.3, 0.4) is 0 Å². The number of amides is 1. The van der Waals surface area contributed by atoms with Crippen molar-refractivity contribution >= 4 is 5.91 Å². The van der Waals surface area contributed by atoms with Gasteiger partial charge in [-0.1, -0.05) is 18.2 Å². The maximum atomic E-state index is 13.6. The Kier molecular flexibility index (Phi) is 6.81. The SMILES string of the molecule is COc1ccc(CCC(=O)NCc2ccc(OC(C)C)cc2)cc1F. The predicted molar refractivity (Wildman–Crippen MR) is 95.3 cm³/mol. The number of halogens is 1. The van der Waals surface area contributed by atoms with E-state index in [-0.39, 0.29) is 17.8 Å². The maximum Gasteiger partial charge on any atom is 0.220 e. The van der Waals surface area contributed by atoms with Gasteiger partial charge in [0.15, 0.2) is 11.6 Å². The Morgan fingerprint density at radius 1 is 1.12 bits per heavy atom. The largest absolute Gasteiger partial charge is 0.494 e. The van der Waals surface area contributed by atoms with Gasteiger partial charge in [-0.05, 0) is 55.7 Å². The lowest BCUT2D eigenvalue weighted by molar-refractivity contribution is -0.121. The van der Waals surface area contributed by atoms with Crippen LogP contribution in [0.4, 0.5) is 4.39 Å². The van der Waals surface area contributed by atoms with Crippen molar-refractivity contribution in [3.05, 3.63) is 59.4 Å². The molecule has 2 rings (SSSR count). The van der Waals surface area contributed by atoms with Gasteiger partial charge >= 0.3 is 0 Å². The molecule has 0 radical (unpaired) electrons. The average Bonchev–Trinajstić information content (AvgIpc) is 2.59. The smallest absolute Gasteiger partial charge is 0.220 e. The lowest BCUT2D eigenvalue weighted by atomic mass is 10.1. The van der Waals surface area contributed by atoms with Crippen LogP contribution in [-0.4, -0.2) is 19.1 Å². The van der Waals surface area contributed by atoms with Crippen molar-refractivity contribution in [1.29, 1.82) is 0 Å². The first-order valence-corrected chi connectivity index (χ1v) is 8.32. The summed E-state index contributed by atoms with van der Waals surface area (Å²) in [5.74, 6) is 0.535. The Labute approximate surface area is 148 Å². The summed E-state index contributed by atoms with van der Waals surface area (Å²) in [6.45, 7) is 4.41. The van der Waals surface area contributed by atoms with E-state index in [1.165, 1.54) is 13.2 Å². The fourth-order valence-electron chi connectivity index (χ4n) is 2.37. The van der Waals surface area contributed by atoms with Gasteiger partial charge in [0.05, 0.1) is 13.2 Å². The molecule has 0 saturated carbocycles. The molecule has 2 aromatic carbocycles. The summed E-state index contributed by atoms with van der Waals surface area (Å²) in [5.41, 5.74) is 1.77. The summed E-state index contributed by atoms with van der Waals surface area (Å²) in [7, 11) is 1.42. The predicted octanol–water partition coefficient (Wildman–Crippen LogP) is 3.87. The molecule has 0 bridgehead atoms. The van der Waals surface area contributed by atoms with Crippen LogP contribution in [-0.2, 0) is 17.8 Å². The van der Waals surface area contributed by atoms with E-state index in [0.717, 1.165) is 16.9 Å². The van der Waals surface area contributed by atoms with Gasteiger partial charge < -0.3 is 14.8 Å². The molecule has 0 aliphatic heterocycles. The van der Waals surface area contributed by atoms with E-state index >= 15 is 0 Å². The molecule has 0 aliphatic rings. The van der Waals surface area contributed by atoms with Crippen molar-refractivity contribution in [1.82, 2.24) is 5.32 Å². The lowest BCUT2D eigenvalue weighted by Gasteiger charge is -2.10. The van der Waals surface area contributed by atoms with Crippen LogP contribution in [0.2, 0.25) is 0 Å². The monoisotopic (exact) mass is 345 g/mol. The Bertz CT molecular complexity index is 699.